The molecule has 15 nitrogen and oxygen atoms in total. The molecule has 0 bridgehead atoms. The third kappa shape index (κ3) is 7.50. The Bertz CT molecular complexity index is 2600. The van der Waals surface area contributed by atoms with E-state index in [-0.39, 0.29) is 54.0 Å². The lowest BCUT2D eigenvalue weighted by Crippen LogP contribution is -2.42. The average Bonchev–Trinajstić information content (AvgIpc) is 3.07. The first kappa shape index (κ1) is 37.2. The van der Waals surface area contributed by atoms with Crippen molar-refractivity contribution in [2.45, 2.75) is 23.6 Å². The molecule has 276 valence electrons. The van der Waals surface area contributed by atoms with Crippen molar-refractivity contribution in [3.8, 4) is 11.5 Å². The SMILES string of the molecule is Cc1cc(Nc2cccc3c(S(=O)(=O)O)ccc(O)c23)ccc1C(=O)NC(=O)NC(=O)c1ccc(Nc2cccc3c(S(=O)(=O)O)ccc(O)c23)cc1C. The number of hydrogen-bond donors (Lipinski definition) is 8. The van der Waals surface area contributed by atoms with Gasteiger partial charge in [-0.05, 0) is 97.8 Å². The highest BCUT2D eigenvalue weighted by molar-refractivity contribution is 7.86. The Hall–Kier alpha value is -6.53. The van der Waals surface area contributed by atoms with Crippen LogP contribution in [0.15, 0.2) is 107 Å². The van der Waals surface area contributed by atoms with E-state index in [1.54, 1.807) is 38.1 Å². The molecule has 6 rings (SSSR count). The molecule has 0 aliphatic carbocycles. The molecule has 0 aliphatic heterocycles. The van der Waals surface area contributed by atoms with Crippen LogP contribution in [-0.2, 0) is 20.2 Å². The molecule has 0 unspecified atom stereocenters. The number of imide groups is 2. The topological polar surface area (TPSA) is 249 Å². The van der Waals surface area contributed by atoms with Crippen molar-refractivity contribution in [3.63, 3.8) is 0 Å². The summed E-state index contributed by atoms with van der Waals surface area (Å²) in [6.45, 7) is 3.21. The van der Waals surface area contributed by atoms with Gasteiger partial charge in [0.2, 0.25) is 0 Å². The van der Waals surface area contributed by atoms with E-state index in [1.165, 1.54) is 48.5 Å². The average molecular weight is 771 g/mol. The van der Waals surface area contributed by atoms with Crippen LogP contribution in [0.25, 0.3) is 21.5 Å². The summed E-state index contributed by atoms with van der Waals surface area (Å²) in [7, 11) is -9.17. The summed E-state index contributed by atoms with van der Waals surface area (Å²) in [6, 6.07) is 21.5. The smallest absolute Gasteiger partial charge is 0.328 e. The number of aromatic hydroxyl groups is 2. The number of amides is 4. The van der Waals surface area contributed by atoms with Crippen molar-refractivity contribution in [3.05, 3.63) is 119 Å². The second-order valence-corrected chi connectivity index (χ2v) is 14.9. The van der Waals surface area contributed by atoms with Crippen molar-refractivity contribution in [2.75, 3.05) is 10.6 Å². The molecule has 0 aromatic heterocycles. The Kier molecular flexibility index (Phi) is 9.74. The predicted octanol–water partition coefficient (Wildman–Crippen LogP) is 6.28. The molecule has 17 heteroatoms. The number of fused-ring (bicyclic) bond motifs is 2. The molecular formula is C37H30N4O11S2. The van der Waals surface area contributed by atoms with Crippen LogP contribution < -0.4 is 21.3 Å². The Morgan fingerprint density at radius 2 is 0.926 bits per heavy atom. The summed E-state index contributed by atoms with van der Waals surface area (Å²) >= 11 is 0. The van der Waals surface area contributed by atoms with Gasteiger partial charge in [0.05, 0.1) is 11.4 Å². The standard InChI is InChI=1S/C37H30N4O11S2/c1-19-17-21(38-27-7-3-5-25-31(53(47,48)49)15-13-29(42)33(25)27)9-11-23(19)35(44)40-37(46)41-36(45)24-12-10-22(18-20(24)2)39-28-8-4-6-26-32(54(50,51)52)16-14-30(43)34(26)28/h3-18,38-39,42-43H,1-2H3,(H,47,48,49)(H,50,51,52)(H2,40,41,44,45,46). The monoisotopic (exact) mass is 770 g/mol. The van der Waals surface area contributed by atoms with E-state index in [0.717, 1.165) is 24.3 Å². The summed E-state index contributed by atoms with van der Waals surface area (Å²) in [6.07, 6.45) is 0. The quantitative estimate of drug-likeness (QED) is 0.0795. The number of hydrogen-bond acceptors (Lipinski definition) is 11. The fraction of sp³-hybridized carbons (Fsp3) is 0.0541. The summed E-state index contributed by atoms with van der Waals surface area (Å²) in [5, 5.41) is 31.8. The van der Waals surface area contributed by atoms with Crippen LogP contribution in [0.5, 0.6) is 11.5 Å². The predicted molar refractivity (Wildman–Crippen MR) is 200 cm³/mol. The van der Waals surface area contributed by atoms with Crippen LogP contribution in [0.2, 0.25) is 0 Å². The lowest BCUT2D eigenvalue weighted by atomic mass is 10.1. The Morgan fingerprint density at radius 1 is 0.537 bits per heavy atom. The Labute approximate surface area is 307 Å². The Balaban J connectivity index is 1.13. The number of rotatable bonds is 8. The number of phenols is 2. The Morgan fingerprint density at radius 3 is 1.28 bits per heavy atom. The highest BCUT2D eigenvalue weighted by atomic mass is 32.2. The van der Waals surface area contributed by atoms with Crippen LogP contribution in [0.1, 0.15) is 31.8 Å². The molecule has 0 saturated heterocycles. The van der Waals surface area contributed by atoms with E-state index in [0.29, 0.717) is 33.9 Å². The van der Waals surface area contributed by atoms with Crippen LogP contribution >= 0.6 is 0 Å². The van der Waals surface area contributed by atoms with Gasteiger partial charge in [-0.2, -0.15) is 16.8 Å². The molecule has 8 N–H and O–H groups in total. The number of nitrogens with one attached hydrogen (secondary N) is 4. The van der Waals surface area contributed by atoms with E-state index < -0.39 is 38.1 Å². The lowest BCUT2D eigenvalue weighted by Gasteiger charge is -2.15. The number of anilines is 4. The van der Waals surface area contributed by atoms with Crippen molar-refractivity contribution in [2.24, 2.45) is 0 Å². The fourth-order valence-electron chi connectivity index (χ4n) is 6.06. The maximum atomic E-state index is 13.0. The lowest BCUT2D eigenvalue weighted by molar-refractivity contribution is 0.0944. The first-order chi connectivity index (χ1) is 25.4. The largest absolute Gasteiger partial charge is 0.507 e. The minimum Gasteiger partial charge on any atom is -0.507 e. The second-order valence-electron chi connectivity index (χ2n) is 12.1. The number of phenolic OH excluding ortho intramolecular Hbond substituents is 2. The van der Waals surface area contributed by atoms with E-state index >= 15 is 0 Å². The van der Waals surface area contributed by atoms with Crippen LogP contribution in [0, 0.1) is 13.8 Å². The highest BCUT2D eigenvalue weighted by Crippen LogP contribution is 2.38. The zero-order valence-electron chi connectivity index (χ0n) is 28.2. The van der Waals surface area contributed by atoms with E-state index in [4.69, 9.17) is 0 Å². The summed E-state index contributed by atoms with van der Waals surface area (Å²) < 4.78 is 66.8. The first-order valence-electron chi connectivity index (χ1n) is 15.8. The molecule has 54 heavy (non-hydrogen) atoms. The van der Waals surface area contributed by atoms with Crippen LogP contribution in [-0.4, -0.2) is 54.0 Å². The molecule has 4 amide bonds. The molecule has 0 heterocycles. The van der Waals surface area contributed by atoms with Gasteiger partial charge in [-0.1, -0.05) is 24.3 Å². The van der Waals surface area contributed by atoms with Crippen molar-refractivity contribution in [1.82, 2.24) is 10.6 Å². The van der Waals surface area contributed by atoms with Gasteiger partial charge in [0, 0.05) is 44.0 Å². The molecule has 0 atom stereocenters. The molecule has 0 fully saturated rings. The second kappa shape index (κ2) is 14.1. The van der Waals surface area contributed by atoms with E-state index in [2.05, 4.69) is 21.3 Å². The molecule has 0 saturated carbocycles. The molecular weight excluding hydrogens is 741 g/mol. The van der Waals surface area contributed by atoms with Crippen molar-refractivity contribution >= 4 is 82.4 Å². The highest BCUT2D eigenvalue weighted by Gasteiger charge is 2.21. The number of benzene rings is 6. The van der Waals surface area contributed by atoms with Gasteiger partial charge in [0.25, 0.3) is 32.1 Å². The summed E-state index contributed by atoms with van der Waals surface area (Å²) in [5.74, 6) is -2.09. The van der Waals surface area contributed by atoms with Gasteiger partial charge >= 0.3 is 6.03 Å². The first-order valence-corrected chi connectivity index (χ1v) is 18.7. The van der Waals surface area contributed by atoms with Gasteiger partial charge in [0.1, 0.15) is 21.3 Å². The van der Waals surface area contributed by atoms with Gasteiger partial charge in [-0.15, -0.1) is 0 Å². The zero-order valence-corrected chi connectivity index (χ0v) is 29.8. The normalized spacial score (nSPS) is 11.6. The summed E-state index contributed by atoms with van der Waals surface area (Å²) in [4.78, 5) is 37.9. The minimum absolute atomic E-state index is 0.0831. The zero-order chi connectivity index (χ0) is 39.1. The summed E-state index contributed by atoms with van der Waals surface area (Å²) in [5.41, 5.74) is 2.57. The maximum absolute atomic E-state index is 13.0. The number of urea groups is 1. The molecule has 6 aromatic carbocycles. The maximum Gasteiger partial charge on any atom is 0.328 e. The molecule has 0 radical (unpaired) electrons. The van der Waals surface area contributed by atoms with Gasteiger partial charge in [0.15, 0.2) is 0 Å². The van der Waals surface area contributed by atoms with Crippen molar-refractivity contribution < 1.29 is 50.5 Å². The molecule has 0 spiro atoms. The molecule has 0 aliphatic rings. The van der Waals surface area contributed by atoms with E-state index in [1.807, 2.05) is 0 Å². The third-order valence-electron chi connectivity index (χ3n) is 8.47. The third-order valence-corrected chi connectivity index (χ3v) is 10.3. The number of carbonyl (C=O) groups is 3. The fourth-order valence-corrected chi connectivity index (χ4v) is 7.43. The van der Waals surface area contributed by atoms with Crippen LogP contribution in [0.3, 0.4) is 0 Å². The van der Waals surface area contributed by atoms with Crippen molar-refractivity contribution in [1.29, 1.82) is 0 Å². The van der Waals surface area contributed by atoms with Gasteiger partial charge in [-0.25, -0.2) is 4.79 Å². The van der Waals surface area contributed by atoms with Crippen LogP contribution in [0.4, 0.5) is 27.5 Å². The van der Waals surface area contributed by atoms with E-state index in [9.17, 15) is 50.5 Å². The number of aryl methyl sites for hydroxylation is 2. The number of carbonyl (C=O) groups excluding carboxylic acids is 3. The molecule has 6 aromatic rings. The van der Waals surface area contributed by atoms with Gasteiger partial charge in [-0.3, -0.25) is 29.3 Å². The van der Waals surface area contributed by atoms with Gasteiger partial charge < -0.3 is 20.8 Å². The minimum atomic E-state index is -4.59.